The predicted octanol–water partition coefficient (Wildman–Crippen LogP) is 3.80. The molecule has 1 saturated carbocycles. The second kappa shape index (κ2) is 9.90. The van der Waals surface area contributed by atoms with Gasteiger partial charge < -0.3 is 14.8 Å². The van der Waals surface area contributed by atoms with Crippen LogP contribution >= 0.6 is 11.3 Å². The Kier molecular flexibility index (Phi) is 7.02. The third-order valence-electron chi connectivity index (χ3n) is 6.21. The van der Waals surface area contributed by atoms with Gasteiger partial charge in [-0.2, -0.15) is 0 Å². The highest BCUT2D eigenvalue weighted by molar-refractivity contribution is 7.09. The van der Waals surface area contributed by atoms with Crippen molar-refractivity contribution in [2.75, 3.05) is 32.8 Å². The van der Waals surface area contributed by atoms with E-state index in [1.54, 1.807) is 0 Å². The molecule has 7 heteroatoms. The number of aromatic nitrogens is 1. The zero-order chi connectivity index (χ0) is 20.8. The van der Waals surface area contributed by atoms with E-state index in [-0.39, 0.29) is 11.4 Å². The van der Waals surface area contributed by atoms with Crippen molar-refractivity contribution in [3.05, 3.63) is 45.9 Å². The van der Waals surface area contributed by atoms with Crippen LogP contribution in [-0.2, 0) is 11.3 Å². The van der Waals surface area contributed by atoms with Crippen LogP contribution in [0.15, 0.2) is 29.6 Å². The third kappa shape index (κ3) is 5.20. The molecule has 162 valence electrons. The Morgan fingerprint density at radius 1 is 1.20 bits per heavy atom. The van der Waals surface area contributed by atoms with Gasteiger partial charge in [-0.3, -0.25) is 9.69 Å². The molecule has 0 bridgehead atoms. The normalized spacial score (nSPS) is 19.4. The Morgan fingerprint density at radius 2 is 1.93 bits per heavy atom. The molecular weight excluding hydrogens is 398 g/mol. The van der Waals surface area contributed by atoms with Gasteiger partial charge in [-0.05, 0) is 31.9 Å². The number of ether oxygens (including phenoxy) is 2. The fourth-order valence-electron chi connectivity index (χ4n) is 4.45. The van der Waals surface area contributed by atoms with E-state index in [0.29, 0.717) is 18.8 Å². The van der Waals surface area contributed by atoms with E-state index in [0.717, 1.165) is 49.9 Å². The molecule has 30 heavy (non-hydrogen) atoms. The minimum atomic E-state index is -0.0916. The highest BCUT2D eigenvalue weighted by Gasteiger charge is 2.38. The second-order valence-corrected chi connectivity index (χ2v) is 9.24. The molecule has 1 N–H and O–H groups in total. The molecule has 1 aliphatic heterocycles. The Labute approximate surface area is 182 Å². The summed E-state index contributed by atoms with van der Waals surface area (Å²) in [5.41, 5.74) is 1.74. The van der Waals surface area contributed by atoms with Crippen molar-refractivity contribution < 1.29 is 14.3 Å². The molecule has 6 nitrogen and oxygen atoms in total. The Bertz CT molecular complexity index is 824. The highest BCUT2D eigenvalue weighted by Crippen LogP contribution is 2.34. The summed E-state index contributed by atoms with van der Waals surface area (Å²) in [5, 5.41) is 5.81. The molecule has 1 amide bonds. The van der Waals surface area contributed by atoms with Gasteiger partial charge in [0, 0.05) is 30.6 Å². The van der Waals surface area contributed by atoms with Crippen LogP contribution in [-0.4, -0.2) is 54.2 Å². The topological polar surface area (TPSA) is 63.7 Å². The Morgan fingerprint density at radius 3 is 2.67 bits per heavy atom. The molecule has 1 saturated heterocycles. The number of nitrogens with zero attached hydrogens (tertiary/aromatic N) is 2. The quantitative estimate of drug-likeness (QED) is 0.725. The maximum absolute atomic E-state index is 12.8. The number of thiazole rings is 1. The molecule has 1 aromatic heterocycles. The number of morpholine rings is 1. The summed E-state index contributed by atoms with van der Waals surface area (Å²) in [6.07, 6.45) is 6.02. The van der Waals surface area contributed by atoms with Crippen LogP contribution in [0.3, 0.4) is 0 Å². The zero-order valence-corrected chi connectivity index (χ0v) is 18.5. The number of aryl methyl sites for hydroxylation is 1. The molecule has 0 spiro atoms. The summed E-state index contributed by atoms with van der Waals surface area (Å²) in [7, 11) is 0. The summed E-state index contributed by atoms with van der Waals surface area (Å²) in [5.74, 6) is 0.720. The fraction of sp³-hybridized carbons (Fsp3) is 0.565. The molecule has 0 atom stereocenters. The van der Waals surface area contributed by atoms with Crippen LogP contribution in [0.2, 0.25) is 0 Å². The lowest BCUT2D eigenvalue weighted by Crippen LogP contribution is -2.59. The van der Waals surface area contributed by atoms with Gasteiger partial charge in [0.1, 0.15) is 23.1 Å². The predicted molar refractivity (Wildman–Crippen MR) is 118 cm³/mol. The molecule has 0 radical (unpaired) electrons. The van der Waals surface area contributed by atoms with Gasteiger partial charge >= 0.3 is 0 Å². The molecule has 2 aromatic rings. The summed E-state index contributed by atoms with van der Waals surface area (Å²) < 4.78 is 11.3. The third-order valence-corrected chi connectivity index (χ3v) is 7.03. The first-order valence-corrected chi connectivity index (χ1v) is 11.8. The smallest absolute Gasteiger partial charge is 0.270 e. The number of hydrogen-bond acceptors (Lipinski definition) is 6. The lowest BCUT2D eigenvalue weighted by molar-refractivity contribution is -0.0361. The minimum absolute atomic E-state index is 0.0606. The van der Waals surface area contributed by atoms with E-state index >= 15 is 0 Å². The standard InChI is InChI=1S/C23H31N3O3S/c1-18-5-7-19(8-6-18)29-15-21-25-20(16-30-21)22(27)24-17-23(9-3-2-4-10-23)26-11-13-28-14-12-26/h5-8,16H,2-4,9-15,17H2,1H3,(H,24,27). The van der Waals surface area contributed by atoms with Gasteiger partial charge in [-0.15, -0.1) is 11.3 Å². The molecule has 0 unspecified atom stereocenters. The SMILES string of the molecule is Cc1ccc(OCc2nc(C(=O)NCC3(N4CCOCC4)CCCCC3)cs2)cc1. The van der Waals surface area contributed by atoms with Crippen molar-refractivity contribution in [2.45, 2.75) is 51.2 Å². The van der Waals surface area contributed by atoms with Crippen molar-refractivity contribution in [1.82, 2.24) is 15.2 Å². The molecule has 1 aromatic carbocycles. The number of amides is 1. The summed E-state index contributed by atoms with van der Waals surface area (Å²) in [6.45, 7) is 6.57. The van der Waals surface area contributed by atoms with Crippen molar-refractivity contribution in [1.29, 1.82) is 0 Å². The van der Waals surface area contributed by atoms with Crippen LogP contribution in [0, 0.1) is 6.92 Å². The van der Waals surface area contributed by atoms with E-state index in [2.05, 4.69) is 15.2 Å². The Balaban J connectivity index is 1.33. The van der Waals surface area contributed by atoms with Crippen molar-refractivity contribution in [2.24, 2.45) is 0 Å². The zero-order valence-electron chi connectivity index (χ0n) is 17.7. The van der Waals surface area contributed by atoms with Gasteiger partial charge in [0.2, 0.25) is 0 Å². The first-order chi connectivity index (χ1) is 14.6. The first-order valence-electron chi connectivity index (χ1n) is 10.9. The van der Waals surface area contributed by atoms with Crippen LogP contribution in [0.5, 0.6) is 5.75 Å². The fourth-order valence-corrected chi connectivity index (χ4v) is 5.13. The largest absolute Gasteiger partial charge is 0.486 e. The lowest BCUT2D eigenvalue weighted by Gasteiger charge is -2.48. The molecule has 2 fully saturated rings. The van der Waals surface area contributed by atoms with Gasteiger partial charge in [0.05, 0.1) is 13.2 Å². The first kappa shape index (κ1) is 21.3. The number of nitrogens with one attached hydrogen (secondary N) is 1. The monoisotopic (exact) mass is 429 g/mol. The maximum Gasteiger partial charge on any atom is 0.270 e. The van der Waals surface area contributed by atoms with Crippen LogP contribution in [0.25, 0.3) is 0 Å². The summed E-state index contributed by atoms with van der Waals surface area (Å²) in [6, 6.07) is 7.94. The van der Waals surface area contributed by atoms with E-state index in [9.17, 15) is 4.79 Å². The number of hydrogen-bond donors (Lipinski definition) is 1. The number of rotatable bonds is 7. The summed E-state index contributed by atoms with van der Waals surface area (Å²) >= 11 is 1.46. The molecule has 1 aliphatic carbocycles. The summed E-state index contributed by atoms with van der Waals surface area (Å²) in [4.78, 5) is 19.8. The number of carbonyl (C=O) groups is 1. The number of benzene rings is 1. The lowest BCUT2D eigenvalue weighted by atomic mass is 9.79. The van der Waals surface area contributed by atoms with Gasteiger partial charge in [-0.25, -0.2) is 4.98 Å². The van der Waals surface area contributed by atoms with E-state index in [1.807, 2.05) is 36.6 Å². The van der Waals surface area contributed by atoms with Crippen molar-refractivity contribution >= 4 is 17.2 Å². The number of carbonyl (C=O) groups excluding carboxylic acids is 1. The minimum Gasteiger partial charge on any atom is -0.486 e. The van der Waals surface area contributed by atoms with Crippen LogP contribution in [0.1, 0.15) is 53.2 Å². The Hall–Kier alpha value is -1.96. The molecule has 2 heterocycles. The molecule has 2 aliphatic rings. The van der Waals surface area contributed by atoms with Crippen LogP contribution in [0.4, 0.5) is 0 Å². The highest BCUT2D eigenvalue weighted by atomic mass is 32.1. The maximum atomic E-state index is 12.8. The van der Waals surface area contributed by atoms with Gasteiger partial charge in [0.15, 0.2) is 0 Å². The van der Waals surface area contributed by atoms with Crippen LogP contribution < -0.4 is 10.1 Å². The average Bonchev–Trinajstić information content (AvgIpc) is 3.28. The van der Waals surface area contributed by atoms with E-state index < -0.39 is 0 Å². The average molecular weight is 430 g/mol. The van der Waals surface area contributed by atoms with Gasteiger partial charge in [-0.1, -0.05) is 37.0 Å². The van der Waals surface area contributed by atoms with E-state index in [1.165, 1.54) is 36.2 Å². The van der Waals surface area contributed by atoms with Crippen molar-refractivity contribution in [3.63, 3.8) is 0 Å². The van der Waals surface area contributed by atoms with Crippen molar-refractivity contribution in [3.8, 4) is 5.75 Å². The second-order valence-electron chi connectivity index (χ2n) is 8.30. The van der Waals surface area contributed by atoms with Gasteiger partial charge in [0.25, 0.3) is 5.91 Å². The molecular formula is C23H31N3O3S. The van der Waals surface area contributed by atoms with E-state index in [4.69, 9.17) is 9.47 Å². The molecule has 4 rings (SSSR count).